The van der Waals surface area contributed by atoms with Crippen LogP contribution < -0.4 is 5.32 Å². The van der Waals surface area contributed by atoms with Gasteiger partial charge in [-0.15, -0.1) is 0 Å². The lowest BCUT2D eigenvalue weighted by Crippen LogP contribution is -2.19. The maximum absolute atomic E-state index is 13.4. The fourth-order valence-electron chi connectivity index (χ4n) is 2.29. The normalized spacial score (nSPS) is 20.0. The molecule has 0 spiro atoms. The van der Waals surface area contributed by atoms with Gasteiger partial charge in [-0.3, -0.25) is 10.1 Å². The Morgan fingerprint density at radius 1 is 1.61 bits per heavy atom. The lowest BCUT2D eigenvalue weighted by atomic mass is 10.1. The van der Waals surface area contributed by atoms with E-state index in [9.17, 15) is 14.5 Å². The molecule has 0 aromatic heterocycles. The Kier molecular flexibility index (Phi) is 3.76. The second-order valence-corrected chi connectivity index (χ2v) is 4.69. The summed E-state index contributed by atoms with van der Waals surface area (Å²) in [7, 11) is 2.05. The van der Waals surface area contributed by atoms with Gasteiger partial charge in [-0.05, 0) is 38.1 Å². The first-order chi connectivity index (χ1) is 8.58. The van der Waals surface area contributed by atoms with E-state index in [2.05, 4.69) is 10.2 Å². The molecule has 2 rings (SSSR count). The van der Waals surface area contributed by atoms with Crippen LogP contribution in [-0.2, 0) is 0 Å². The van der Waals surface area contributed by atoms with Gasteiger partial charge in [0, 0.05) is 13.1 Å². The molecule has 1 N–H and O–H groups in total. The highest BCUT2D eigenvalue weighted by Gasteiger charge is 2.22. The van der Waals surface area contributed by atoms with E-state index >= 15 is 0 Å². The molecule has 1 unspecified atom stereocenters. The maximum Gasteiger partial charge on any atom is 0.327 e. The molecular weight excluding hydrogens is 237 g/mol. The van der Waals surface area contributed by atoms with Gasteiger partial charge in [-0.2, -0.15) is 4.39 Å². The molecule has 1 aliphatic rings. The quantitative estimate of drug-likeness (QED) is 0.659. The van der Waals surface area contributed by atoms with Crippen molar-refractivity contribution in [1.29, 1.82) is 0 Å². The number of halogens is 1. The van der Waals surface area contributed by atoms with Crippen LogP contribution >= 0.6 is 0 Å². The van der Waals surface area contributed by atoms with Crippen molar-refractivity contribution in [2.24, 2.45) is 5.92 Å². The van der Waals surface area contributed by atoms with E-state index in [1.54, 1.807) is 6.07 Å². The molecule has 1 saturated heterocycles. The number of nitro groups is 1. The molecule has 1 fully saturated rings. The minimum Gasteiger partial charge on any atom is -0.379 e. The van der Waals surface area contributed by atoms with Crippen LogP contribution in [-0.4, -0.2) is 36.5 Å². The summed E-state index contributed by atoms with van der Waals surface area (Å²) in [5.41, 5.74) is -0.210. The maximum atomic E-state index is 13.4. The number of benzene rings is 1. The Morgan fingerprint density at radius 2 is 2.39 bits per heavy atom. The van der Waals surface area contributed by atoms with Gasteiger partial charge in [-0.25, -0.2) is 0 Å². The summed E-state index contributed by atoms with van der Waals surface area (Å²) in [5.74, 6) is -0.341. The predicted octanol–water partition coefficient (Wildman–Crippen LogP) is 2.10. The highest BCUT2D eigenvalue weighted by atomic mass is 19.1. The average molecular weight is 253 g/mol. The molecule has 1 aromatic rings. The third-order valence-corrected chi connectivity index (χ3v) is 3.24. The number of nitro benzene ring substituents is 1. The van der Waals surface area contributed by atoms with E-state index in [4.69, 9.17) is 0 Å². The van der Waals surface area contributed by atoms with Gasteiger partial charge in [-0.1, -0.05) is 6.07 Å². The van der Waals surface area contributed by atoms with Crippen molar-refractivity contribution in [3.63, 3.8) is 0 Å². The van der Waals surface area contributed by atoms with E-state index in [1.807, 2.05) is 7.05 Å². The van der Waals surface area contributed by atoms with Crippen molar-refractivity contribution in [2.75, 3.05) is 32.0 Å². The monoisotopic (exact) mass is 253 g/mol. The lowest BCUT2D eigenvalue weighted by Gasteiger charge is -2.12. The highest BCUT2D eigenvalue weighted by Crippen LogP contribution is 2.27. The fraction of sp³-hybridized carbons (Fsp3) is 0.500. The van der Waals surface area contributed by atoms with Crippen LogP contribution in [0.2, 0.25) is 0 Å². The second-order valence-electron chi connectivity index (χ2n) is 4.69. The van der Waals surface area contributed by atoms with Gasteiger partial charge < -0.3 is 10.2 Å². The zero-order valence-corrected chi connectivity index (χ0v) is 10.2. The summed E-state index contributed by atoms with van der Waals surface area (Å²) in [5, 5.41) is 13.8. The summed E-state index contributed by atoms with van der Waals surface area (Å²) in [6.07, 6.45) is 1.06. The molecule has 0 aliphatic carbocycles. The number of para-hydroxylation sites is 1. The number of nitrogens with zero attached hydrogens (tertiary/aromatic N) is 2. The molecule has 98 valence electrons. The van der Waals surface area contributed by atoms with E-state index in [1.165, 1.54) is 6.07 Å². The molecule has 5 nitrogen and oxygen atoms in total. The standard InChI is InChI=1S/C12H16FN3O2/c1-15-6-5-9(8-15)7-14-11-4-2-3-10(13)12(11)16(17)18/h2-4,9,14H,5-8H2,1H3. The minimum atomic E-state index is -0.798. The van der Waals surface area contributed by atoms with Gasteiger partial charge in [0.25, 0.3) is 0 Å². The Morgan fingerprint density at radius 3 is 3.00 bits per heavy atom. The molecule has 6 heteroatoms. The first kappa shape index (κ1) is 12.8. The summed E-state index contributed by atoms with van der Waals surface area (Å²) in [6.45, 7) is 2.64. The fourth-order valence-corrected chi connectivity index (χ4v) is 2.29. The SMILES string of the molecule is CN1CCC(CNc2cccc(F)c2[N+](=O)[O-])C1. The summed E-state index contributed by atoms with van der Waals surface area (Å²) in [4.78, 5) is 12.3. The number of anilines is 1. The summed E-state index contributed by atoms with van der Waals surface area (Å²) < 4.78 is 13.4. The number of hydrogen-bond acceptors (Lipinski definition) is 4. The van der Waals surface area contributed by atoms with Crippen molar-refractivity contribution in [1.82, 2.24) is 4.90 Å². The van der Waals surface area contributed by atoms with Crippen molar-refractivity contribution in [2.45, 2.75) is 6.42 Å². The first-order valence-corrected chi connectivity index (χ1v) is 5.93. The zero-order chi connectivity index (χ0) is 13.1. The predicted molar refractivity (Wildman–Crippen MR) is 67.1 cm³/mol. The van der Waals surface area contributed by atoms with E-state index < -0.39 is 16.4 Å². The first-order valence-electron chi connectivity index (χ1n) is 5.93. The van der Waals surface area contributed by atoms with Crippen LogP contribution in [0.15, 0.2) is 18.2 Å². The summed E-state index contributed by atoms with van der Waals surface area (Å²) in [6, 6.07) is 4.12. The third kappa shape index (κ3) is 2.76. The van der Waals surface area contributed by atoms with E-state index in [0.717, 1.165) is 25.6 Å². The van der Waals surface area contributed by atoms with Crippen LogP contribution in [0, 0.1) is 21.8 Å². The molecular formula is C12H16FN3O2. The molecule has 1 heterocycles. The average Bonchev–Trinajstić information content (AvgIpc) is 2.72. The Bertz CT molecular complexity index is 453. The molecule has 1 aliphatic heterocycles. The zero-order valence-electron chi connectivity index (χ0n) is 10.2. The molecule has 0 bridgehead atoms. The second kappa shape index (κ2) is 5.30. The number of nitrogens with one attached hydrogen (secondary N) is 1. The van der Waals surface area contributed by atoms with E-state index in [-0.39, 0.29) is 5.69 Å². The van der Waals surface area contributed by atoms with Crippen LogP contribution in [0.3, 0.4) is 0 Å². The van der Waals surface area contributed by atoms with Gasteiger partial charge in [0.1, 0.15) is 5.69 Å². The highest BCUT2D eigenvalue weighted by molar-refractivity contribution is 5.61. The number of rotatable bonds is 4. The van der Waals surface area contributed by atoms with Crippen molar-refractivity contribution in [3.8, 4) is 0 Å². The van der Waals surface area contributed by atoms with Gasteiger partial charge in [0.2, 0.25) is 5.82 Å². The third-order valence-electron chi connectivity index (χ3n) is 3.24. The topological polar surface area (TPSA) is 58.4 Å². The Hall–Kier alpha value is -1.69. The lowest BCUT2D eigenvalue weighted by molar-refractivity contribution is -0.386. The smallest absolute Gasteiger partial charge is 0.327 e. The minimum absolute atomic E-state index is 0.259. The number of likely N-dealkylation sites (tertiary alicyclic amines) is 1. The van der Waals surface area contributed by atoms with Crippen molar-refractivity contribution < 1.29 is 9.31 Å². The van der Waals surface area contributed by atoms with Crippen molar-refractivity contribution >= 4 is 11.4 Å². The van der Waals surface area contributed by atoms with Crippen LogP contribution in [0.5, 0.6) is 0 Å². The molecule has 0 amide bonds. The molecule has 1 atom stereocenters. The van der Waals surface area contributed by atoms with Gasteiger partial charge in [0.05, 0.1) is 4.92 Å². The largest absolute Gasteiger partial charge is 0.379 e. The Labute approximate surface area is 105 Å². The van der Waals surface area contributed by atoms with E-state index in [0.29, 0.717) is 12.5 Å². The number of hydrogen-bond donors (Lipinski definition) is 1. The van der Waals surface area contributed by atoms with Gasteiger partial charge >= 0.3 is 5.69 Å². The van der Waals surface area contributed by atoms with Crippen LogP contribution in [0.25, 0.3) is 0 Å². The summed E-state index contributed by atoms with van der Waals surface area (Å²) >= 11 is 0. The Balaban J connectivity index is 2.05. The molecule has 18 heavy (non-hydrogen) atoms. The molecule has 1 aromatic carbocycles. The molecule has 0 radical (unpaired) electrons. The van der Waals surface area contributed by atoms with Crippen LogP contribution in [0.1, 0.15) is 6.42 Å². The van der Waals surface area contributed by atoms with Crippen molar-refractivity contribution in [3.05, 3.63) is 34.1 Å². The van der Waals surface area contributed by atoms with Gasteiger partial charge in [0.15, 0.2) is 0 Å². The molecule has 0 saturated carbocycles. The van der Waals surface area contributed by atoms with Crippen LogP contribution in [0.4, 0.5) is 15.8 Å².